The summed E-state index contributed by atoms with van der Waals surface area (Å²) in [7, 11) is 0. The Morgan fingerprint density at radius 3 is 2.10 bits per heavy atom. The number of allylic oxidation sites excluding steroid dienone is 4. The van der Waals surface area contributed by atoms with Crippen molar-refractivity contribution >= 4 is 5.91 Å². The van der Waals surface area contributed by atoms with Gasteiger partial charge >= 0.3 is 0 Å². The summed E-state index contributed by atoms with van der Waals surface area (Å²) in [5, 5.41) is 2.90. The monoisotopic (exact) mass is 408 g/mol. The molecule has 2 aromatic rings. The minimum atomic E-state index is -0.309. The fraction of sp³-hybridized carbons (Fsp3) is 0.240. The highest BCUT2D eigenvalue weighted by Gasteiger charge is 2.09. The van der Waals surface area contributed by atoms with Crippen LogP contribution in [0.2, 0.25) is 0 Å². The van der Waals surface area contributed by atoms with Crippen molar-refractivity contribution in [1.82, 2.24) is 5.32 Å². The van der Waals surface area contributed by atoms with Gasteiger partial charge in [0.1, 0.15) is 17.3 Å². The van der Waals surface area contributed by atoms with Crippen molar-refractivity contribution in [1.29, 1.82) is 0 Å². The van der Waals surface area contributed by atoms with Crippen LogP contribution in [0.5, 0.6) is 11.5 Å². The van der Waals surface area contributed by atoms with Crippen LogP contribution in [0.15, 0.2) is 83.1 Å². The van der Waals surface area contributed by atoms with Gasteiger partial charge in [0.25, 0.3) is 5.91 Å². The smallest absolute Gasteiger partial charge is 0.253 e. The second-order valence-corrected chi connectivity index (χ2v) is 7.13. The van der Waals surface area contributed by atoms with Gasteiger partial charge in [-0.15, -0.1) is 0 Å². The van der Waals surface area contributed by atoms with Crippen LogP contribution in [0.3, 0.4) is 0 Å². The number of rotatable bonds is 8. The van der Waals surface area contributed by atoms with Crippen LogP contribution in [-0.2, 0) is 11.3 Å². The van der Waals surface area contributed by atoms with E-state index in [4.69, 9.17) is 10.5 Å². The molecule has 5 heteroatoms. The first-order chi connectivity index (χ1) is 14.3. The van der Waals surface area contributed by atoms with Gasteiger partial charge in [-0.1, -0.05) is 36.3 Å². The van der Waals surface area contributed by atoms with Gasteiger partial charge in [-0.3, -0.25) is 4.79 Å². The Labute approximate surface area is 177 Å². The molecule has 30 heavy (non-hydrogen) atoms. The van der Waals surface area contributed by atoms with Gasteiger partial charge in [-0.25, -0.2) is 4.39 Å². The van der Waals surface area contributed by atoms with Crippen LogP contribution in [0.1, 0.15) is 39.7 Å². The summed E-state index contributed by atoms with van der Waals surface area (Å²) >= 11 is 0. The zero-order chi connectivity index (χ0) is 22.1. The van der Waals surface area contributed by atoms with Crippen molar-refractivity contribution in [3.63, 3.8) is 0 Å². The van der Waals surface area contributed by atoms with Crippen molar-refractivity contribution in [2.75, 3.05) is 0 Å². The molecule has 0 heterocycles. The topological polar surface area (TPSA) is 64.3 Å². The maximum atomic E-state index is 13.0. The summed E-state index contributed by atoms with van der Waals surface area (Å²) in [4.78, 5) is 12.6. The predicted octanol–water partition coefficient (Wildman–Crippen LogP) is 5.77. The normalized spacial score (nSPS) is 13.0. The molecule has 0 aliphatic heterocycles. The molecule has 3 N–H and O–H groups in total. The maximum Gasteiger partial charge on any atom is 0.253 e. The molecule has 0 aliphatic carbocycles. The summed E-state index contributed by atoms with van der Waals surface area (Å²) in [5.74, 6) is 0.655. The van der Waals surface area contributed by atoms with E-state index in [-0.39, 0.29) is 11.7 Å². The highest BCUT2D eigenvalue weighted by molar-refractivity contribution is 5.96. The Morgan fingerprint density at radius 1 is 1.00 bits per heavy atom. The Hall–Kier alpha value is -3.34. The van der Waals surface area contributed by atoms with Gasteiger partial charge in [-0.05, 0) is 75.2 Å². The molecule has 0 bridgehead atoms. The van der Waals surface area contributed by atoms with E-state index in [1.807, 2.05) is 25.1 Å². The summed E-state index contributed by atoms with van der Waals surface area (Å²) < 4.78 is 18.6. The number of hydrogen-bond acceptors (Lipinski definition) is 3. The third-order valence-electron chi connectivity index (χ3n) is 4.80. The molecule has 0 aromatic heterocycles. The number of benzene rings is 2. The minimum absolute atomic E-state index is 0.222. The van der Waals surface area contributed by atoms with E-state index < -0.39 is 0 Å². The summed E-state index contributed by atoms with van der Waals surface area (Å²) in [6, 6.07) is 13.2. The van der Waals surface area contributed by atoms with E-state index in [9.17, 15) is 9.18 Å². The van der Waals surface area contributed by atoms with Gasteiger partial charge in [-0.2, -0.15) is 0 Å². The molecule has 158 valence electrons. The molecular weight excluding hydrogens is 379 g/mol. The van der Waals surface area contributed by atoms with Gasteiger partial charge in [0.15, 0.2) is 0 Å². The lowest BCUT2D eigenvalue weighted by atomic mass is 10.1. The van der Waals surface area contributed by atoms with Crippen molar-refractivity contribution < 1.29 is 13.9 Å². The lowest BCUT2D eigenvalue weighted by Gasteiger charge is -2.10. The van der Waals surface area contributed by atoms with Crippen LogP contribution in [0.25, 0.3) is 0 Å². The number of hydrogen-bond donors (Lipinski definition) is 2. The number of halogens is 1. The lowest BCUT2D eigenvalue weighted by Crippen LogP contribution is -2.25. The molecule has 2 aromatic carbocycles. The predicted molar refractivity (Wildman–Crippen MR) is 119 cm³/mol. The average Bonchev–Trinajstić information content (AvgIpc) is 2.74. The molecule has 0 radical (unpaired) electrons. The number of amides is 1. The molecular formula is C25H29FN2O2. The van der Waals surface area contributed by atoms with E-state index >= 15 is 0 Å². The molecule has 0 atom stereocenters. The zero-order valence-corrected chi connectivity index (χ0v) is 18.0. The number of nitrogens with two attached hydrogens (primary N) is 1. The van der Waals surface area contributed by atoms with Gasteiger partial charge in [0.05, 0.1) is 5.57 Å². The van der Waals surface area contributed by atoms with E-state index in [0.717, 1.165) is 17.6 Å². The quantitative estimate of drug-likeness (QED) is 0.430. The Bertz CT molecular complexity index is 952. The average molecular weight is 409 g/mol. The zero-order valence-electron chi connectivity index (χ0n) is 18.0. The Kier molecular flexibility index (Phi) is 8.41. The number of carbonyl (C=O) groups excluding carboxylic acids is 1. The van der Waals surface area contributed by atoms with Crippen LogP contribution < -0.4 is 15.8 Å². The second kappa shape index (κ2) is 11.0. The van der Waals surface area contributed by atoms with Crippen molar-refractivity contribution in [2.45, 2.75) is 40.7 Å². The van der Waals surface area contributed by atoms with Crippen molar-refractivity contribution in [2.24, 2.45) is 5.73 Å². The molecule has 2 rings (SSSR count). The molecule has 0 spiro atoms. The van der Waals surface area contributed by atoms with Crippen LogP contribution in [0, 0.1) is 5.82 Å². The molecule has 0 fully saturated rings. The third-order valence-corrected chi connectivity index (χ3v) is 4.80. The van der Waals surface area contributed by atoms with Crippen LogP contribution >= 0.6 is 0 Å². The van der Waals surface area contributed by atoms with Crippen molar-refractivity contribution in [3.8, 4) is 11.5 Å². The van der Waals surface area contributed by atoms with Gasteiger partial charge in [0.2, 0.25) is 0 Å². The molecule has 0 saturated carbocycles. The summed E-state index contributed by atoms with van der Waals surface area (Å²) in [6.07, 6.45) is 4.65. The second-order valence-electron chi connectivity index (χ2n) is 7.13. The highest BCUT2D eigenvalue weighted by Crippen LogP contribution is 2.22. The number of nitrogens with one attached hydrogen (secondary N) is 1. The number of ether oxygens (including phenoxy) is 1. The molecule has 0 unspecified atom stereocenters. The first-order valence-corrected chi connectivity index (χ1v) is 9.91. The van der Waals surface area contributed by atoms with Gasteiger partial charge < -0.3 is 15.8 Å². The van der Waals surface area contributed by atoms with Crippen LogP contribution in [0.4, 0.5) is 4.39 Å². The minimum Gasteiger partial charge on any atom is -0.457 e. The van der Waals surface area contributed by atoms with E-state index in [2.05, 4.69) is 19.2 Å². The number of carbonyl (C=O) groups is 1. The highest BCUT2D eigenvalue weighted by atomic mass is 19.1. The fourth-order valence-electron chi connectivity index (χ4n) is 2.61. The molecule has 0 aliphatic rings. The lowest BCUT2D eigenvalue weighted by molar-refractivity contribution is -0.117. The third kappa shape index (κ3) is 6.92. The largest absolute Gasteiger partial charge is 0.457 e. The SMILES string of the molecule is CCC(C)=C(C)/C=C\C(C(=O)NCc1ccc(Oc2ccc(F)cc2)cc1)=C(/C)N. The molecule has 4 nitrogen and oxygen atoms in total. The summed E-state index contributed by atoms with van der Waals surface area (Å²) in [6.45, 7) is 8.27. The maximum absolute atomic E-state index is 13.0. The fourth-order valence-corrected chi connectivity index (χ4v) is 2.61. The van der Waals surface area contributed by atoms with Crippen molar-refractivity contribution in [3.05, 3.63) is 94.5 Å². The first-order valence-electron chi connectivity index (χ1n) is 9.91. The van der Waals surface area contributed by atoms with E-state index in [0.29, 0.717) is 29.3 Å². The van der Waals surface area contributed by atoms with E-state index in [1.54, 1.807) is 37.3 Å². The van der Waals surface area contributed by atoms with E-state index in [1.165, 1.54) is 17.7 Å². The molecule has 0 saturated heterocycles. The molecule has 1 amide bonds. The standard InChI is InChI=1S/C25H29FN2O2/c1-5-17(2)18(3)6-15-24(19(4)27)25(29)28-16-20-7-11-22(12-8-20)30-23-13-9-21(26)10-14-23/h6-15H,5,16,27H2,1-4H3,(H,28,29)/b15-6-,18-17?,24-19-. The Balaban J connectivity index is 1.98. The van der Waals surface area contributed by atoms with Gasteiger partial charge in [0, 0.05) is 12.2 Å². The summed E-state index contributed by atoms with van der Waals surface area (Å²) in [5.41, 5.74) is 10.1. The van der Waals surface area contributed by atoms with Crippen LogP contribution in [-0.4, -0.2) is 5.91 Å². The first kappa shape index (κ1) is 22.9. The Morgan fingerprint density at radius 2 is 1.57 bits per heavy atom.